The molecule has 0 aliphatic carbocycles. The van der Waals surface area contributed by atoms with Crippen molar-refractivity contribution < 1.29 is 4.79 Å². The van der Waals surface area contributed by atoms with E-state index in [1.807, 2.05) is 37.3 Å². The Morgan fingerprint density at radius 1 is 1.47 bits per heavy atom. The van der Waals surface area contributed by atoms with Crippen LogP contribution in [0.15, 0.2) is 30.3 Å². The van der Waals surface area contributed by atoms with Gasteiger partial charge in [0.2, 0.25) is 0 Å². The van der Waals surface area contributed by atoms with Crippen LogP contribution >= 0.6 is 23.7 Å². The van der Waals surface area contributed by atoms with Gasteiger partial charge < -0.3 is 11.1 Å². The normalized spacial score (nSPS) is 11.9. The third-order valence-electron chi connectivity index (χ3n) is 2.38. The minimum atomic E-state index is -0.0425. The number of hydrogen-bond acceptors (Lipinski definition) is 3. The number of fused-ring (bicyclic) bond motifs is 1. The number of nitrogens with one attached hydrogen (secondary N) is 1. The number of halogens is 1. The maximum Gasteiger partial charge on any atom is 0.261 e. The standard InChI is InChI=1S/C12H14N2OS.ClH/c1-8(7-13)14-12(15)11-6-9-4-2-3-5-10(9)16-11;/h2-6,8H,7,13H2,1H3,(H,14,15);1H/t8-;/m1./s1. The quantitative estimate of drug-likeness (QED) is 0.900. The first-order chi connectivity index (χ1) is 7.70. The summed E-state index contributed by atoms with van der Waals surface area (Å²) in [5.41, 5.74) is 5.46. The first-order valence-corrected chi connectivity index (χ1v) is 6.02. The van der Waals surface area contributed by atoms with Gasteiger partial charge in [-0.25, -0.2) is 0 Å². The highest BCUT2D eigenvalue weighted by Crippen LogP contribution is 2.24. The molecule has 1 heterocycles. The Hall–Kier alpha value is -1.10. The van der Waals surface area contributed by atoms with E-state index in [1.165, 1.54) is 11.3 Å². The molecule has 1 aromatic heterocycles. The molecule has 0 saturated heterocycles. The van der Waals surface area contributed by atoms with E-state index in [-0.39, 0.29) is 24.4 Å². The lowest BCUT2D eigenvalue weighted by Gasteiger charge is -2.09. The molecular weight excluding hydrogens is 256 g/mol. The zero-order valence-electron chi connectivity index (χ0n) is 9.47. The Morgan fingerprint density at radius 3 is 2.82 bits per heavy atom. The first-order valence-electron chi connectivity index (χ1n) is 5.20. The van der Waals surface area contributed by atoms with Gasteiger partial charge in [-0.1, -0.05) is 18.2 Å². The summed E-state index contributed by atoms with van der Waals surface area (Å²) in [5, 5.41) is 3.96. The van der Waals surface area contributed by atoms with Crippen LogP contribution in [0.4, 0.5) is 0 Å². The van der Waals surface area contributed by atoms with Crippen molar-refractivity contribution in [2.75, 3.05) is 6.54 Å². The second-order valence-electron chi connectivity index (χ2n) is 3.76. The smallest absolute Gasteiger partial charge is 0.261 e. The Bertz CT molecular complexity index is 479. The number of carbonyl (C=O) groups excluding carboxylic acids is 1. The number of benzene rings is 1. The minimum Gasteiger partial charge on any atom is -0.348 e. The van der Waals surface area contributed by atoms with E-state index in [4.69, 9.17) is 5.73 Å². The zero-order chi connectivity index (χ0) is 11.5. The van der Waals surface area contributed by atoms with Gasteiger partial charge in [0.15, 0.2) is 0 Å². The monoisotopic (exact) mass is 270 g/mol. The number of nitrogens with two attached hydrogens (primary N) is 1. The van der Waals surface area contributed by atoms with E-state index < -0.39 is 0 Å². The van der Waals surface area contributed by atoms with Crippen LogP contribution in [0.1, 0.15) is 16.6 Å². The molecule has 2 aromatic rings. The molecule has 0 aliphatic heterocycles. The maximum atomic E-state index is 11.8. The van der Waals surface area contributed by atoms with Crippen LogP contribution in [0.5, 0.6) is 0 Å². The lowest BCUT2D eigenvalue weighted by atomic mass is 10.2. The molecule has 92 valence electrons. The number of rotatable bonds is 3. The Kier molecular flexibility index (Phi) is 4.93. The fourth-order valence-corrected chi connectivity index (χ4v) is 2.41. The summed E-state index contributed by atoms with van der Waals surface area (Å²) >= 11 is 1.50. The number of hydrogen-bond donors (Lipinski definition) is 2. The third-order valence-corrected chi connectivity index (χ3v) is 3.50. The van der Waals surface area contributed by atoms with Crippen LogP contribution in [0.25, 0.3) is 10.1 Å². The van der Waals surface area contributed by atoms with Crippen LogP contribution in [0, 0.1) is 0 Å². The summed E-state index contributed by atoms with van der Waals surface area (Å²) < 4.78 is 1.13. The van der Waals surface area contributed by atoms with Crippen LogP contribution in [-0.4, -0.2) is 18.5 Å². The van der Waals surface area contributed by atoms with Gasteiger partial charge in [0.05, 0.1) is 4.88 Å². The maximum absolute atomic E-state index is 11.8. The van der Waals surface area contributed by atoms with E-state index in [9.17, 15) is 4.79 Å². The van der Waals surface area contributed by atoms with Gasteiger partial charge in [-0.2, -0.15) is 0 Å². The van der Waals surface area contributed by atoms with Crippen LogP contribution < -0.4 is 11.1 Å². The highest BCUT2D eigenvalue weighted by molar-refractivity contribution is 7.20. The van der Waals surface area contributed by atoms with E-state index in [2.05, 4.69) is 5.32 Å². The molecule has 0 bridgehead atoms. The van der Waals surface area contributed by atoms with E-state index in [0.29, 0.717) is 6.54 Å². The molecule has 3 nitrogen and oxygen atoms in total. The largest absolute Gasteiger partial charge is 0.348 e. The summed E-state index contributed by atoms with van der Waals surface area (Å²) in [5.74, 6) is -0.0425. The molecule has 1 aromatic carbocycles. The molecule has 3 N–H and O–H groups in total. The highest BCUT2D eigenvalue weighted by atomic mass is 35.5. The van der Waals surface area contributed by atoms with Crippen molar-refractivity contribution in [2.45, 2.75) is 13.0 Å². The van der Waals surface area contributed by atoms with Gasteiger partial charge in [0.1, 0.15) is 0 Å². The molecule has 0 saturated carbocycles. The summed E-state index contributed by atoms with van der Waals surface area (Å²) in [6.45, 7) is 2.35. The van der Waals surface area contributed by atoms with Gasteiger partial charge in [-0.3, -0.25) is 4.79 Å². The van der Waals surface area contributed by atoms with Crippen molar-refractivity contribution in [3.05, 3.63) is 35.2 Å². The van der Waals surface area contributed by atoms with Gasteiger partial charge in [-0.15, -0.1) is 23.7 Å². The number of thiophene rings is 1. The fraction of sp³-hybridized carbons (Fsp3) is 0.250. The average molecular weight is 271 g/mol. The Morgan fingerprint density at radius 2 is 2.18 bits per heavy atom. The summed E-state index contributed by atoms with van der Waals surface area (Å²) in [7, 11) is 0. The molecule has 5 heteroatoms. The first kappa shape index (κ1) is 14.0. The number of carbonyl (C=O) groups is 1. The third kappa shape index (κ3) is 3.19. The van der Waals surface area contributed by atoms with Crippen LogP contribution in [0.3, 0.4) is 0 Å². The van der Waals surface area contributed by atoms with Crippen molar-refractivity contribution in [1.29, 1.82) is 0 Å². The molecule has 0 radical (unpaired) electrons. The van der Waals surface area contributed by atoms with E-state index in [0.717, 1.165) is 15.0 Å². The van der Waals surface area contributed by atoms with Crippen molar-refractivity contribution in [3.8, 4) is 0 Å². The molecule has 0 aliphatic rings. The number of amides is 1. The second-order valence-corrected chi connectivity index (χ2v) is 4.84. The summed E-state index contributed by atoms with van der Waals surface area (Å²) in [6, 6.07) is 9.90. The lowest BCUT2D eigenvalue weighted by molar-refractivity contribution is 0.0945. The molecule has 17 heavy (non-hydrogen) atoms. The van der Waals surface area contributed by atoms with Gasteiger partial charge in [0, 0.05) is 17.3 Å². The molecule has 0 spiro atoms. The molecule has 1 atom stereocenters. The van der Waals surface area contributed by atoms with Crippen LogP contribution in [0.2, 0.25) is 0 Å². The second kappa shape index (κ2) is 6.00. The predicted octanol–water partition coefficient (Wildman–Crippen LogP) is 2.40. The van der Waals surface area contributed by atoms with E-state index >= 15 is 0 Å². The topological polar surface area (TPSA) is 55.1 Å². The Balaban J connectivity index is 0.00000144. The van der Waals surface area contributed by atoms with Crippen molar-refractivity contribution in [3.63, 3.8) is 0 Å². The lowest BCUT2D eigenvalue weighted by Crippen LogP contribution is -2.37. The van der Waals surface area contributed by atoms with Crippen molar-refractivity contribution >= 4 is 39.7 Å². The summed E-state index contributed by atoms with van der Waals surface area (Å²) in [6.07, 6.45) is 0. The molecule has 0 fully saturated rings. The Labute approximate surface area is 110 Å². The average Bonchev–Trinajstić information content (AvgIpc) is 2.72. The van der Waals surface area contributed by atoms with Gasteiger partial charge >= 0.3 is 0 Å². The molecular formula is C12H15ClN2OS. The van der Waals surface area contributed by atoms with Crippen molar-refractivity contribution in [2.24, 2.45) is 5.73 Å². The molecule has 2 rings (SSSR count). The fourth-order valence-electron chi connectivity index (χ4n) is 1.45. The molecule has 0 unspecified atom stereocenters. The summed E-state index contributed by atoms with van der Waals surface area (Å²) in [4.78, 5) is 12.6. The zero-order valence-corrected chi connectivity index (χ0v) is 11.1. The SMILES string of the molecule is C[C@H](CN)NC(=O)c1cc2ccccc2s1.Cl. The van der Waals surface area contributed by atoms with Gasteiger partial charge in [-0.05, 0) is 24.4 Å². The highest BCUT2D eigenvalue weighted by Gasteiger charge is 2.11. The minimum absolute atomic E-state index is 0. The molecule has 1 amide bonds. The van der Waals surface area contributed by atoms with Gasteiger partial charge in [0.25, 0.3) is 5.91 Å². The predicted molar refractivity (Wildman–Crippen MR) is 75.1 cm³/mol. The van der Waals surface area contributed by atoms with Crippen molar-refractivity contribution in [1.82, 2.24) is 5.32 Å². The van der Waals surface area contributed by atoms with Crippen LogP contribution in [-0.2, 0) is 0 Å². The van der Waals surface area contributed by atoms with E-state index in [1.54, 1.807) is 0 Å².